The van der Waals surface area contributed by atoms with Crippen molar-refractivity contribution in [3.63, 3.8) is 0 Å². The van der Waals surface area contributed by atoms with Crippen LogP contribution in [0.1, 0.15) is 41.2 Å². The van der Waals surface area contributed by atoms with Crippen molar-refractivity contribution in [1.82, 2.24) is 4.57 Å². The number of aliphatic imine (C=N–C) groups is 1. The van der Waals surface area contributed by atoms with Gasteiger partial charge in [-0.05, 0) is 55.2 Å². The Morgan fingerprint density at radius 3 is 2.59 bits per heavy atom. The monoisotopic (exact) mass is 467 g/mol. The number of benzene rings is 2. The van der Waals surface area contributed by atoms with Crippen molar-refractivity contribution in [3.05, 3.63) is 69.5 Å². The number of nitrogens with zero attached hydrogens (tertiary/aromatic N) is 3. The van der Waals surface area contributed by atoms with Crippen molar-refractivity contribution in [2.75, 3.05) is 25.1 Å². The number of pyridine rings is 1. The quantitative estimate of drug-likeness (QED) is 0.554. The fourth-order valence-electron chi connectivity index (χ4n) is 4.46. The molecule has 176 valence electrons. The maximum absolute atomic E-state index is 15.8. The lowest BCUT2D eigenvalue weighted by atomic mass is 10.1. The van der Waals surface area contributed by atoms with Crippen LogP contribution in [0.15, 0.2) is 46.3 Å². The zero-order valence-corrected chi connectivity index (χ0v) is 18.5. The highest BCUT2D eigenvalue weighted by Gasteiger charge is 2.32. The van der Waals surface area contributed by atoms with E-state index in [1.54, 1.807) is 18.2 Å². The molecule has 0 bridgehead atoms. The molecule has 2 fully saturated rings. The summed E-state index contributed by atoms with van der Waals surface area (Å²) in [6.45, 7) is 0.734. The van der Waals surface area contributed by atoms with Gasteiger partial charge in [-0.2, -0.15) is 0 Å². The van der Waals surface area contributed by atoms with E-state index in [1.165, 1.54) is 10.8 Å². The Hall–Kier alpha value is -3.75. The van der Waals surface area contributed by atoms with Crippen LogP contribution in [0.5, 0.6) is 5.75 Å². The van der Waals surface area contributed by atoms with E-state index in [-0.39, 0.29) is 28.7 Å². The first-order chi connectivity index (χ1) is 16.4. The molecule has 1 aliphatic carbocycles. The van der Waals surface area contributed by atoms with E-state index in [0.717, 1.165) is 30.2 Å². The van der Waals surface area contributed by atoms with Gasteiger partial charge in [-0.1, -0.05) is 0 Å². The van der Waals surface area contributed by atoms with Gasteiger partial charge in [0.15, 0.2) is 5.82 Å². The number of carboxylic acid groups (broad SMARTS) is 1. The van der Waals surface area contributed by atoms with E-state index in [2.05, 4.69) is 4.99 Å². The highest BCUT2D eigenvalue weighted by atomic mass is 19.1. The van der Waals surface area contributed by atoms with Crippen molar-refractivity contribution in [3.8, 4) is 5.75 Å². The lowest BCUT2D eigenvalue weighted by molar-refractivity contribution is 0.0694. The summed E-state index contributed by atoms with van der Waals surface area (Å²) in [6, 6.07) is 8.14. The van der Waals surface area contributed by atoms with Crippen LogP contribution in [0.4, 0.5) is 14.5 Å². The summed E-state index contributed by atoms with van der Waals surface area (Å²) in [6.07, 6.45) is 5.03. The Kier molecular flexibility index (Phi) is 5.55. The van der Waals surface area contributed by atoms with E-state index in [9.17, 15) is 14.7 Å². The largest absolute Gasteiger partial charge is 0.497 e. The SMILES string of the molecule is COc1ccc(C=NC2CCN(c3c(F)cc4c(=O)c(C(=O)O)cn(C5CC5)c4c3F)C2)cc1. The molecule has 3 aromatic rings. The van der Waals surface area contributed by atoms with Gasteiger partial charge in [0.1, 0.15) is 22.8 Å². The smallest absolute Gasteiger partial charge is 0.341 e. The van der Waals surface area contributed by atoms with Gasteiger partial charge < -0.3 is 19.3 Å². The van der Waals surface area contributed by atoms with Gasteiger partial charge in [-0.3, -0.25) is 9.79 Å². The van der Waals surface area contributed by atoms with Gasteiger partial charge in [0.2, 0.25) is 5.43 Å². The number of anilines is 1. The lowest BCUT2D eigenvalue weighted by Crippen LogP contribution is -2.25. The summed E-state index contributed by atoms with van der Waals surface area (Å²) in [4.78, 5) is 30.3. The highest BCUT2D eigenvalue weighted by molar-refractivity contribution is 5.94. The predicted octanol–water partition coefficient (Wildman–Crippen LogP) is 4.02. The molecule has 2 aliphatic rings. The number of aromatic nitrogens is 1. The van der Waals surface area contributed by atoms with Crippen LogP contribution in [-0.4, -0.2) is 48.1 Å². The molecule has 0 spiro atoms. The Morgan fingerprint density at radius 1 is 1.21 bits per heavy atom. The summed E-state index contributed by atoms with van der Waals surface area (Å²) in [5.74, 6) is -2.39. The Labute approximate surface area is 193 Å². The molecule has 1 saturated carbocycles. The third kappa shape index (κ3) is 3.91. The van der Waals surface area contributed by atoms with E-state index in [0.29, 0.717) is 19.5 Å². The van der Waals surface area contributed by atoms with Crippen molar-refractivity contribution < 1.29 is 23.4 Å². The van der Waals surface area contributed by atoms with Crippen LogP contribution in [0.2, 0.25) is 0 Å². The number of ether oxygens (including phenoxy) is 1. The number of aromatic carboxylic acids is 1. The molecule has 1 aliphatic heterocycles. The molecule has 2 heterocycles. The number of hydrogen-bond acceptors (Lipinski definition) is 5. The maximum Gasteiger partial charge on any atom is 0.341 e. The molecule has 9 heteroatoms. The molecular weight excluding hydrogens is 444 g/mol. The van der Waals surface area contributed by atoms with Gasteiger partial charge in [-0.15, -0.1) is 0 Å². The van der Waals surface area contributed by atoms with E-state index >= 15 is 8.78 Å². The fourth-order valence-corrected chi connectivity index (χ4v) is 4.46. The first kappa shape index (κ1) is 22.1. The molecule has 5 rings (SSSR count). The second kappa shape index (κ2) is 8.55. The molecule has 1 saturated heterocycles. The van der Waals surface area contributed by atoms with Crippen LogP contribution in [0.3, 0.4) is 0 Å². The van der Waals surface area contributed by atoms with Gasteiger partial charge in [0, 0.05) is 31.5 Å². The third-order valence-electron chi connectivity index (χ3n) is 6.38. The molecule has 1 aromatic heterocycles. The number of hydrogen-bond donors (Lipinski definition) is 1. The minimum Gasteiger partial charge on any atom is -0.497 e. The molecule has 2 aromatic carbocycles. The number of methoxy groups -OCH3 is 1. The van der Waals surface area contributed by atoms with Crippen molar-refractivity contribution >= 4 is 28.8 Å². The normalized spacial score (nSPS) is 18.2. The van der Waals surface area contributed by atoms with Crippen molar-refractivity contribution in [2.24, 2.45) is 4.99 Å². The Balaban J connectivity index is 1.47. The minimum atomic E-state index is -1.41. The summed E-state index contributed by atoms with van der Waals surface area (Å²) >= 11 is 0. The van der Waals surface area contributed by atoms with Gasteiger partial charge in [0.25, 0.3) is 0 Å². The van der Waals surface area contributed by atoms with Crippen LogP contribution in [-0.2, 0) is 0 Å². The van der Waals surface area contributed by atoms with Crippen molar-refractivity contribution in [1.29, 1.82) is 0 Å². The average molecular weight is 467 g/mol. The van der Waals surface area contributed by atoms with Crippen LogP contribution in [0, 0.1) is 11.6 Å². The van der Waals surface area contributed by atoms with Gasteiger partial charge >= 0.3 is 5.97 Å². The molecule has 1 atom stereocenters. The highest BCUT2D eigenvalue weighted by Crippen LogP contribution is 2.40. The first-order valence-electron chi connectivity index (χ1n) is 11.1. The minimum absolute atomic E-state index is 0.0425. The zero-order chi connectivity index (χ0) is 24.0. The number of halogens is 2. The standard InChI is InChI=1S/C25H23F2N3O4/c1-34-17-6-2-14(3-7-17)11-28-15-8-9-29(12-15)23-20(26)10-18-22(21(23)27)30(16-4-5-16)13-19(24(18)31)25(32)33/h2-3,6-7,10-11,13,15-16H,4-5,8-9,12H2,1H3,(H,32,33). The molecule has 7 nitrogen and oxygen atoms in total. The molecule has 34 heavy (non-hydrogen) atoms. The number of rotatable bonds is 6. The number of carboxylic acids is 1. The maximum atomic E-state index is 15.8. The van der Waals surface area contributed by atoms with Crippen LogP contribution >= 0.6 is 0 Å². The number of fused-ring (bicyclic) bond motifs is 1. The second-order valence-electron chi connectivity index (χ2n) is 8.67. The van der Waals surface area contributed by atoms with E-state index < -0.39 is 28.6 Å². The molecule has 0 radical (unpaired) electrons. The van der Waals surface area contributed by atoms with Crippen molar-refractivity contribution in [2.45, 2.75) is 31.3 Å². The summed E-state index contributed by atoms with van der Waals surface area (Å²) in [7, 11) is 1.59. The van der Waals surface area contributed by atoms with Gasteiger partial charge in [0.05, 0.1) is 24.1 Å². The lowest BCUT2D eigenvalue weighted by Gasteiger charge is -2.22. The first-order valence-corrected chi connectivity index (χ1v) is 11.1. The average Bonchev–Trinajstić information content (AvgIpc) is 3.57. The summed E-state index contributed by atoms with van der Waals surface area (Å²) in [5.41, 5.74) is -0.720. The second-order valence-corrected chi connectivity index (χ2v) is 8.67. The van der Waals surface area contributed by atoms with Gasteiger partial charge in [-0.25, -0.2) is 13.6 Å². The predicted molar refractivity (Wildman–Crippen MR) is 125 cm³/mol. The molecular formula is C25H23F2N3O4. The third-order valence-corrected chi connectivity index (χ3v) is 6.38. The Morgan fingerprint density at radius 2 is 1.94 bits per heavy atom. The van der Waals surface area contributed by atoms with Crippen LogP contribution < -0.4 is 15.1 Å². The topological polar surface area (TPSA) is 84.1 Å². The zero-order valence-electron chi connectivity index (χ0n) is 18.5. The number of carbonyl (C=O) groups is 1. The molecule has 1 unspecified atom stereocenters. The van der Waals surface area contributed by atoms with Crippen LogP contribution in [0.25, 0.3) is 10.9 Å². The fraction of sp³-hybridized carbons (Fsp3) is 0.320. The molecule has 0 amide bonds. The van der Waals surface area contributed by atoms with E-state index in [1.807, 2.05) is 24.3 Å². The molecule has 1 N–H and O–H groups in total. The summed E-state index contributed by atoms with van der Waals surface area (Å²) in [5, 5.41) is 9.13. The van der Waals surface area contributed by atoms with E-state index in [4.69, 9.17) is 4.74 Å². The summed E-state index contributed by atoms with van der Waals surface area (Å²) < 4.78 is 37.5. The Bertz CT molecular complexity index is 1360.